The van der Waals surface area contributed by atoms with Gasteiger partial charge in [-0.15, -0.1) is 0 Å². The van der Waals surface area contributed by atoms with Crippen LogP contribution in [0, 0.1) is 11.6 Å². The van der Waals surface area contributed by atoms with Crippen molar-refractivity contribution >= 4 is 11.6 Å². The molecular formula is C17H17ClF2O. The van der Waals surface area contributed by atoms with Gasteiger partial charge < -0.3 is 5.11 Å². The van der Waals surface area contributed by atoms with Crippen molar-refractivity contribution in [2.75, 3.05) is 0 Å². The van der Waals surface area contributed by atoms with Gasteiger partial charge in [0, 0.05) is 10.6 Å². The Kier molecular flexibility index (Phi) is 4.35. The third kappa shape index (κ3) is 3.42. The minimum Gasteiger partial charge on any atom is -0.384 e. The van der Waals surface area contributed by atoms with Crippen molar-refractivity contribution in [3.63, 3.8) is 0 Å². The first kappa shape index (κ1) is 15.9. The number of aliphatic hydroxyl groups excluding tert-OH is 1. The van der Waals surface area contributed by atoms with Gasteiger partial charge in [0.05, 0.1) is 0 Å². The number of hydrogen-bond acceptors (Lipinski definition) is 1. The van der Waals surface area contributed by atoms with Gasteiger partial charge in [-0.05, 0) is 28.7 Å². The van der Waals surface area contributed by atoms with Crippen molar-refractivity contribution in [2.24, 2.45) is 0 Å². The minimum atomic E-state index is -1.10. The molecule has 1 N–H and O–H groups in total. The average Bonchev–Trinajstić information content (AvgIpc) is 2.41. The van der Waals surface area contributed by atoms with Crippen molar-refractivity contribution in [3.8, 4) is 0 Å². The second kappa shape index (κ2) is 5.74. The summed E-state index contributed by atoms with van der Waals surface area (Å²) in [4.78, 5) is 0. The number of aliphatic hydroxyl groups is 1. The van der Waals surface area contributed by atoms with E-state index in [-0.39, 0.29) is 16.0 Å². The maximum atomic E-state index is 13.3. The van der Waals surface area contributed by atoms with Crippen molar-refractivity contribution in [3.05, 3.63) is 69.7 Å². The zero-order valence-electron chi connectivity index (χ0n) is 12.1. The molecule has 0 radical (unpaired) electrons. The number of halogens is 3. The second-order valence-corrected chi connectivity index (χ2v) is 6.47. The fourth-order valence-electron chi connectivity index (χ4n) is 2.09. The van der Waals surface area contributed by atoms with Crippen LogP contribution in [0.1, 0.15) is 43.6 Å². The average molecular weight is 311 g/mol. The highest BCUT2D eigenvalue weighted by molar-refractivity contribution is 6.31. The number of hydrogen-bond donors (Lipinski definition) is 1. The molecule has 2 aromatic carbocycles. The Bertz CT molecular complexity index is 645. The van der Waals surface area contributed by atoms with Crippen molar-refractivity contribution in [1.29, 1.82) is 0 Å². The van der Waals surface area contributed by atoms with Crippen molar-refractivity contribution in [1.82, 2.24) is 0 Å². The maximum Gasteiger partial charge on any atom is 0.160 e. The molecule has 0 spiro atoms. The lowest BCUT2D eigenvalue weighted by Crippen LogP contribution is -2.11. The van der Waals surface area contributed by atoms with Gasteiger partial charge in [0.1, 0.15) is 6.10 Å². The molecule has 1 unspecified atom stereocenters. The van der Waals surface area contributed by atoms with E-state index in [0.717, 1.165) is 17.7 Å². The topological polar surface area (TPSA) is 20.2 Å². The molecule has 0 amide bonds. The molecule has 0 aliphatic rings. The lowest BCUT2D eigenvalue weighted by Gasteiger charge is -2.20. The Morgan fingerprint density at radius 3 is 2.05 bits per heavy atom. The first-order valence-corrected chi connectivity index (χ1v) is 7.01. The number of rotatable bonds is 2. The monoisotopic (exact) mass is 310 g/mol. The standard InChI is InChI=1S/C17H17ClF2O/c1-17(2,3)11-6-4-10(5-7-11)16(21)12-8-14(19)15(20)9-13(12)18/h4-9,16,21H,1-3H3. The van der Waals surface area contributed by atoms with Crippen molar-refractivity contribution in [2.45, 2.75) is 32.3 Å². The molecule has 0 aliphatic carbocycles. The first-order chi connectivity index (χ1) is 9.70. The maximum absolute atomic E-state index is 13.3. The van der Waals surface area contributed by atoms with Crippen LogP contribution >= 0.6 is 11.6 Å². The predicted octanol–water partition coefficient (Wildman–Crippen LogP) is 5.00. The molecule has 0 saturated carbocycles. The molecule has 0 heterocycles. The summed E-state index contributed by atoms with van der Waals surface area (Å²) in [5.74, 6) is -2.06. The lowest BCUT2D eigenvalue weighted by molar-refractivity contribution is 0.219. The molecule has 1 nitrogen and oxygen atoms in total. The fourth-order valence-corrected chi connectivity index (χ4v) is 2.35. The van der Waals surface area contributed by atoms with Crippen LogP contribution in [0.2, 0.25) is 5.02 Å². The van der Waals surface area contributed by atoms with E-state index in [0.29, 0.717) is 5.56 Å². The van der Waals surface area contributed by atoms with E-state index in [9.17, 15) is 13.9 Å². The molecule has 2 aromatic rings. The van der Waals surface area contributed by atoms with E-state index >= 15 is 0 Å². The Hall–Kier alpha value is -1.45. The Balaban J connectivity index is 2.36. The largest absolute Gasteiger partial charge is 0.384 e. The zero-order valence-corrected chi connectivity index (χ0v) is 12.9. The molecule has 0 aliphatic heterocycles. The van der Waals surface area contributed by atoms with Crippen LogP contribution in [0.3, 0.4) is 0 Å². The molecule has 0 aromatic heterocycles. The third-order valence-corrected chi connectivity index (χ3v) is 3.75. The van der Waals surface area contributed by atoms with Crippen molar-refractivity contribution < 1.29 is 13.9 Å². The van der Waals surface area contributed by atoms with E-state index in [4.69, 9.17) is 11.6 Å². The number of benzene rings is 2. The Morgan fingerprint density at radius 2 is 1.52 bits per heavy atom. The molecule has 4 heteroatoms. The van der Waals surface area contributed by atoms with E-state index in [1.54, 1.807) is 12.1 Å². The second-order valence-electron chi connectivity index (χ2n) is 6.06. The summed E-state index contributed by atoms with van der Waals surface area (Å²) in [6.07, 6.45) is -1.10. The Labute approximate surface area is 128 Å². The Morgan fingerprint density at radius 1 is 1.00 bits per heavy atom. The highest BCUT2D eigenvalue weighted by Gasteiger charge is 2.19. The van der Waals surface area contributed by atoms with Gasteiger partial charge in [0.25, 0.3) is 0 Å². The molecule has 0 saturated heterocycles. The quantitative estimate of drug-likeness (QED) is 0.774. The summed E-state index contributed by atoms with van der Waals surface area (Å²) >= 11 is 5.88. The van der Waals surface area contributed by atoms with Crippen LogP contribution in [-0.4, -0.2) is 5.11 Å². The van der Waals surface area contributed by atoms with E-state index < -0.39 is 17.7 Å². The summed E-state index contributed by atoms with van der Waals surface area (Å²) in [7, 11) is 0. The SMILES string of the molecule is CC(C)(C)c1ccc(C(O)c2cc(F)c(F)cc2Cl)cc1. The van der Waals surface area contributed by atoms with Crippen LogP contribution in [-0.2, 0) is 5.41 Å². The summed E-state index contributed by atoms with van der Waals surface area (Å²) in [6, 6.07) is 9.16. The van der Waals surface area contributed by atoms with Crippen LogP contribution < -0.4 is 0 Å². The van der Waals surface area contributed by atoms with Crippen LogP contribution in [0.15, 0.2) is 36.4 Å². The molecule has 1 atom stereocenters. The van der Waals surface area contributed by atoms with Crippen LogP contribution in [0.5, 0.6) is 0 Å². The highest BCUT2D eigenvalue weighted by Crippen LogP contribution is 2.31. The summed E-state index contributed by atoms with van der Waals surface area (Å²) < 4.78 is 26.4. The molecule has 0 bridgehead atoms. The van der Waals surface area contributed by atoms with Crippen LogP contribution in [0.25, 0.3) is 0 Å². The molecule has 2 rings (SSSR count). The summed E-state index contributed by atoms with van der Waals surface area (Å²) in [6.45, 7) is 6.26. The fraction of sp³-hybridized carbons (Fsp3) is 0.294. The van der Waals surface area contributed by atoms with Gasteiger partial charge in [-0.3, -0.25) is 0 Å². The third-order valence-electron chi connectivity index (χ3n) is 3.43. The summed E-state index contributed by atoms with van der Waals surface area (Å²) in [5, 5.41) is 10.3. The normalized spacial score (nSPS) is 13.3. The van der Waals surface area contributed by atoms with E-state index in [1.165, 1.54) is 0 Å². The zero-order chi connectivity index (χ0) is 15.8. The van der Waals surface area contributed by atoms with Gasteiger partial charge in [-0.25, -0.2) is 8.78 Å². The van der Waals surface area contributed by atoms with E-state index in [2.05, 4.69) is 20.8 Å². The molecule has 112 valence electrons. The van der Waals surface area contributed by atoms with Gasteiger partial charge in [0.15, 0.2) is 11.6 Å². The molecule has 21 heavy (non-hydrogen) atoms. The molecule has 0 fully saturated rings. The van der Waals surface area contributed by atoms with Gasteiger partial charge in [-0.2, -0.15) is 0 Å². The van der Waals surface area contributed by atoms with Gasteiger partial charge in [0.2, 0.25) is 0 Å². The minimum absolute atomic E-state index is 0.00120. The first-order valence-electron chi connectivity index (χ1n) is 6.63. The summed E-state index contributed by atoms with van der Waals surface area (Å²) in [5.41, 5.74) is 1.85. The smallest absolute Gasteiger partial charge is 0.160 e. The predicted molar refractivity (Wildman–Crippen MR) is 80.6 cm³/mol. The lowest BCUT2D eigenvalue weighted by atomic mass is 9.86. The molecular weight excluding hydrogens is 294 g/mol. The van der Waals surface area contributed by atoms with Crippen LogP contribution in [0.4, 0.5) is 8.78 Å². The van der Waals surface area contributed by atoms with Gasteiger partial charge in [-0.1, -0.05) is 56.6 Å². The van der Waals surface area contributed by atoms with Gasteiger partial charge >= 0.3 is 0 Å². The van der Waals surface area contributed by atoms with E-state index in [1.807, 2.05) is 12.1 Å². The highest BCUT2D eigenvalue weighted by atomic mass is 35.5.